The second-order valence-electron chi connectivity index (χ2n) is 5.97. The lowest BCUT2D eigenvalue weighted by Gasteiger charge is -2.16. The molecule has 0 aliphatic heterocycles. The van der Waals surface area contributed by atoms with Crippen molar-refractivity contribution in [3.05, 3.63) is 72.8 Å². The van der Waals surface area contributed by atoms with Crippen molar-refractivity contribution in [1.82, 2.24) is 15.0 Å². The molecule has 1 atom stereocenters. The molecule has 0 saturated carbocycles. The lowest BCUT2D eigenvalue weighted by molar-refractivity contribution is 0.273. The number of aliphatic hydroxyl groups excluding tert-OH is 1. The molecule has 1 aromatic carbocycles. The fraction of sp³-hybridized carbons (Fsp3) is 0.150. The molecule has 3 heterocycles. The highest BCUT2D eigenvalue weighted by molar-refractivity contribution is 7.21. The Morgan fingerprint density at radius 1 is 1.00 bits per heavy atom. The maximum absolute atomic E-state index is 9.77. The van der Waals surface area contributed by atoms with Gasteiger partial charge in [0.2, 0.25) is 0 Å². The van der Waals surface area contributed by atoms with Gasteiger partial charge in [-0.2, -0.15) is 0 Å². The van der Waals surface area contributed by atoms with E-state index in [1.807, 2.05) is 36.4 Å². The molecule has 4 aromatic rings. The zero-order chi connectivity index (χ0) is 17.8. The quantitative estimate of drug-likeness (QED) is 0.546. The number of fused-ring (bicyclic) bond motifs is 1. The highest BCUT2D eigenvalue weighted by Crippen LogP contribution is 2.35. The van der Waals surface area contributed by atoms with Gasteiger partial charge >= 0.3 is 0 Å². The monoisotopic (exact) mass is 362 g/mol. The van der Waals surface area contributed by atoms with Crippen LogP contribution in [-0.4, -0.2) is 32.7 Å². The molecule has 4 rings (SSSR count). The fourth-order valence-electron chi connectivity index (χ4n) is 2.84. The van der Waals surface area contributed by atoms with E-state index in [1.165, 1.54) is 0 Å². The van der Waals surface area contributed by atoms with Gasteiger partial charge in [0.15, 0.2) is 0 Å². The van der Waals surface area contributed by atoms with Crippen molar-refractivity contribution in [3.63, 3.8) is 0 Å². The van der Waals surface area contributed by atoms with Crippen LogP contribution in [-0.2, 0) is 6.42 Å². The summed E-state index contributed by atoms with van der Waals surface area (Å²) >= 11 is 1.64. The number of nitrogens with one attached hydrogen (secondary N) is 1. The number of pyridine rings is 1. The minimum atomic E-state index is -0.164. The Morgan fingerprint density at radius 3 is 2.62 bits per heavy atom. The van der Waals surface area contributed by atoms with Gasteiger partial charge in [0, 0.05) is 23.2 Å². The van der Waals surface area contributed by atoms with Crippen molar-refractivity contribution in [1.29, 1.82) is 0 Å². The molecule has 0 amide bonds. The Bertz CT molecular complexity index is 989. The van der Waals surface area contributed by atoms with Crippen LogP contribution >= 0.6 is 11.3 Å². The van der Waals surface area contributed by atoms with Gasteiger partial charge in [0.05, 0.1) is 18.0 Å². The highest BCUT2D eigenvalue weighted by atomic mass is 32.1. The van der Waals surface area contributed by atoms with Gasteiger partial charge in [-0.25, -0.2) is 9.97 Å². The molecule has 0 radical (unpaired) electrons. The van der Waals surface area contributed by atoms with E-state index in [2.05, 4.69) is 38.5 Å². The van der Waals surface area contributed by atoms with Gasteiger partial charge < -0.3 is 10.4 Å². The van der Waals surface area contributed by atoms with Gasteiger partial charge in [0.25, 0.3) is 0 Å². The molecule has 130 valence electrons. The van der Waals surface area contributed by atoms with Crippen molar-refractivity contribution in [2.75, 3.05) is 11.9 Å². The molecule has 26 heavy (non-hydrogen) atoms. The predicted octanol–water partition coefficient (Wildman–Crippen LogP) is 3.77. The summed E-state index contributed by atoms with van der Waals surface area (Å²) in [6.07, 6.45) is 3.95. The van der Waals surface area contributed by atoms with E-state index in [4.69, 9.17) is 0 Å². The Morgan fingerprint density at radius 2 is 1.85 bits per heavy atom. The first kappa shape index (κ1) is 16.6. The van der Waals surface area contributed by atoms with E-state index >= 15 is 0 Å². The number of anilines is 1. The third-order valence-electron chi connectivity index (χ3n) is 4.13. The van der Waals surface area contributed by atoms with Crippen LogP contribution in [0.2, 0.25) is 0 Å². The summed E-state index contributed by atoms with van der Waals surface area (Å²) in [5.74, 6) is 0.739. The minimum Gasteiger partial charge on any atom is -0.394 e. The van der Waals surface area contributed by atoms with Crippen LogP contribution in [0.15, 0.2) is 67.1 Å². The third kappa shape index (κ3) is 3.56. The van der Waals surface area contributed by atoms with Gasteiger partial charge in [0.1, 0.15) is 17.0 Å². The van der Waals surface area contributed by atoms with E-state index in [1.54, 1.807) is 23.9 Å². The van der Waals surface area contributed by atoms with E-state index < -0.39 is 0 Å². The maximum Gasteiger partial charge on any atom is 0.138 e. The molecule has 0 spiro atoms. The van der Waals surface area contributed by atoms with Crippen LogP contribution in [0.3, 0.4) is 0 Å². The smallest absolute Gasteiger partial charge is 0.138 e. The first-order valence-corrected chi connectivity index (χ1v) is 9.22. The molecular formula is C20H18N4OS. The Hall–Kier alpha value is -2.83. The van der Waals surface area contributed by atoms with Crippen LogP contribution < -0.4 is 5.32 Å². The van der Waals surface area contributed by atoms with Gasteiger partial charge in [-0.15, -0.1) is 11.3 Å². The van der Waals surface area contributed by atoms with E-state index in [-0.39, 0.29) is 12.6 Å². The van der Waals surface area contributed by atoms with Crippen molar-refractivity contribution < 1.29 is 5.11 Å². The van der Waals surface area contributed by atoms with Crippen molar-refractivity contribution in [2.24, 2.45) is 0 Å². The largest absolute Gasteiger partial charge is 0.394 e. The van der Waals surface area contributed by atoms with Crippen LogP contribution in [0.25, 0.3) is 20.7 Å². The molecule has 0 fully saturated rings. The van der Waals surface area contributed by atoms with Gasteiger partial charge in [-0.1, -0.05) is 36.4 Å². The zero-order valence-corrected chi connectivity index (χ0v) is 14.9. The van der Waals surface area contributed by atoms with Crippen LogP contribution in [0.4, 0.5) is 5.82 Å². The van der Waals surface area contributed by atoms with Crippen LogP contribution in [0.1, 0.15) is 5.69 Å². The Kier molecular flexibility index (Phi) is 4.86. The molecular weight excluding hydrogens is 344 g/mol. The normalized spacial score (nSPS) is 12.2. The zero-order valence-electron chi connectivity index (χ0n) is 14.0. The van der Waals surface area contributed by atoms with E-state index in [0.29, 0.717) is 6.42 Å². The second-order valence-corrected chi connectivity index (χ2v) is 7.00. The molecule has 2 N–H and O–H groups in total. The Labute approximate surface area is 155 Å². The lowest BCUT2D eigenvalue weighted by Crippen LogP contribution is -2.27. The molecule has 0 saturated heterocycles. The summed E-state index contributed by atoms with van der Waals surface area (Å²) in [6, 6.07) is 18.0. The Balaban J connectivity index is 1.62. The maximum atomic E-state index is 9.77. The summed E-state index contributed by atoms with van der Waals surface area (Å²) in [6.45, 7) is -0.00223. The molecule has 0 bridgehead atoms. The molecule has 6 heteroatoms. The SMILES string of the molecule is OCC(Cc1ccccn1)Nc1ncnc2sc(-c3ccccc3)cc12. The van der Waals surface area contributed by atoms with Crippen LogP contribution in [0, 0.1) is 0 Å². The average Bonchev–Trinajstić information content (AvgIpc) is 3.14. The summed E-state index contributed by atoms with van der Waals surface area (Å²) < 4.78 is 0. The van der Waals surface area contributed by atoms with Crippen molar-refractivity contribution in [2.45, 2.75) is 12.5 Å². The molecule has 3 aromatic heterocycles. The van der Waals surface area contributed by atoms with Crippen molar-refractivity contribution in [3.8, 4) is 10.4 Å². The third-order valence-corrected chi connectivity index (χ3v) is 5.22. The van der Waals surface area contributed by atoms with Crippen LogP contribution in [0.5, 0.6) is 0 Å². The number of nitrogens with zero attached hydrogens (tertiary/aromatic N) is 3. The molecule has 5 nitrogen and oxygen atoms in total. The molecule has 0 aliphatic carbocycles. The second kappa shape index (κ2) is 7.59. The van der Waals surface area contributed by atoms with Gasteiger partial charge in [-0.05, 0) is 23.8 Å². The topological polar surface area (TPSA) is 70.9 Å². The lowest BCUT2D eigenvalue weighted by atomic mass is 10.1. The number of aromatic nitrogens is 3. The fourth-order valence-corrected chi connectivity index (χ4v) is 3.85. The highest BCUT2D eigenvalue weighted by Gasteiger charge is 2.14. The molecule has 1 unspecified atom stereocenters. The first-order valence-electron chi connectivity index (χ1n) is 8.41. The number of hydrogen-bond donors (Lipinski definition) is 2. The van der Waals surface area contributed by atoms with Crippen molar-refractivity contribution >= 4 is 27.4 Å². The predicted molar refractivity (Wildman–Crippen MR) is 105 cm³/mol. The molecule has 0 aliphatic rings. The van der Waals surface area contributed by atoms with E-state index in [9.17, 15) is 5.11 Å². The number of thiophene rings is 1. The first-order chi connectivity index (χ1) is 12.8. The van der Waals surface area contributed by atoms with Gasteiger partial charge in [-0.3, -0.25) is 4.98 Å². The summed E-state index contributed by atoms with van der Waals surface area (Å²) in [5, 5.41) is 14.1. The summed E-state index contributed by atoms with van der Waals surface area (Å²) in [7, 11) is 0. The minimum absolute atomic E-state index is 0.00223. The summed E-state index contributed by atoms with van der Waals surface area (Å²) in [5.41, 5.74) is 2.09. The number of rotatable bonds is 6. The standard InChI is InChI=1S/C20H18N4OS/c25-12-16(10-15-8-4-5-9-21-15)24-19-17-11-18(14-6-2-1-3-7-14)26-20(17)23-13-22-19/h1-9,11,13,16,25H,10,12H2,(H,22,23,24). The number of aliphatic hydroxyl groups is 1. The number of benzene rings is 1. The average molecular weight is 362 g/mol. The number of hydrogen-bond acceptors (Lipinski definition) is 6. The van der Waals surface area contributed by atoms with E-state index in [0.717, 1.165) is 32.2 Å². The summed E-state index contributed by atoms with van der Waals surface area (Å²) in [4.78, 5) is 15.2.